The van der Waals surface area contributed by atoms with Crippen LogP contribution in [-0.2, 0) is 17.7 Å². The topological polar surface area (TPSA) is 82.5 Å². The van der Waals surface area contributed by atoms with Crippen LogP contribution in [0, 0.1) is 0 Å². The molecule has 2 aromatic heterocycles. The van der Waals surface area contributed by atoms with E-state index in [4.69, 9.17) is 4.42 Å². The maximum Gasteiger partial charge on any atom is 0.277 e. The first-order valence-corrected chi connectivity index (χ1v) is 9.78. The molecule has 0 aliphatic heterocycles. The van der Waals surface area contributed by atoms with Gasteiger partial charge in [-0.05, 0) is 40.0 Å². The van der Waals surface area contributed by atoms with Gasteiger partial charge >= 0.3 is 0 Å². The molecule has 0 unspecified atom stereocenters. The van der Waals surface area contributed by atoms with Crippen molar-refractivity contribution >= 4 is 11.8 Å². The molecule has 1 aromatic carbocycles. The third-order valence-corrected chi connectivity index (χ3v) is 4.87. The van der Waals surface area contributed by atoms with Crippen LogP contribution in [0.1, 0.15) is 51.9 Å². The van der Waals surface area contributed by atoms with Crippen molar-refractivity contribution in [2.45, 2.75) is 63.5 Å². The van der Waals surface area contributed by atoms with Crippen LogP contribution in [0.4, 0.5) is 0 Å². The largest absolute Gasteiger partial charge is 0.411 e. The molecule has 0 amide bonds. The number of thioether (sulfide) groups is 1. The minimum absolute atomic E-state index is 0.121. The minimum Gasteiger partial charge on any atom is -0.411 e. The van der Waals surface area contributed by atoms with Gasteiger partial charge in [-0.15, -0.1) is 15.3 Å². The summed E-state index contributed by atoms with van der Waals surface area (Å²) < 4.78 is 7.61. The molecule has 0 fully saturated rings. The molecule has 0 atom stereocenters. The first kappa shape index (κ1) is 18.6. The van der Waals surface area contributed by atoms with Crippen LogP contribution in [0.5, 0.6) is 0 Å². The average molecular weight is 372 g/mol. The van der Waals surface area contributed by atoms with Gasteiger partial charge in [-0.25, -0.2) is 4.68 Å². The third-order valence-electron chi connectivity index (χ3n) is 4.06. The van der Waals surface area contributed by atoms with Crippen molar-refractivity contribution < 1.29 is 4.42 Å². The predicted molar refractivity (Wildman–Crippen MR) is 101 cm³/mol. The molecule has 0 aliphatic carbocycles. The summed E-state index contributed by atoms with van der Waals surface area (Å²) in [5.41, 5.74) is 2.32. The molecule has 0 saturated heterocycles. The van der Waals surface area contributed by atoms with E-state index in [0.717, 1.165) is 30.8 Å². The number of rotatable bonds is 7. The lowest BCUT2D eigenvalue weighted by Gasteiger charge is -2.18. The molecule has 138 valence electrons. The maximum absolute atomic E-state index is 5.78. The van der Waals surface area contributed by atoms with Gasteiger partial charge in [-0.2, -0.15) is 0 Å². The monoisotopic (exact) mass is 372 g/mol. The number of aromatic nitrogens is 6. The van der Waals surface area contributed by atoms with Crippen LogP contribution >= 0.6 is 11.8 Å². The highest BCUT2D eigenvalue weighted by Gasteiger charge is 2.15. The Morgan fingerprint density at radius 2 is 1.85 bits per heavy atom. The Balaban J connectivity index is 1.64. The Bertz CT molecular complexity index is 834. The highest BCUT2D eigenvalue weighted by Crippen LogP contribution is 2.28. The molecule has 3 rings (SSSR count). The van der Waals surface area contributed by atoms with E-state index in [-0.39, 0.29) is 5.41 Å². The molecule has 0 spiro atoms. The van der Waals surface area contributed by atoms with Gasteiger partial charge in [0.2, 0.25) is 5.89 Å². The molecule has 7 nitrogen and oxygen atoms in total. The molecular weight excluding hydrogens is 348 g/mol. The molecular formula is C18H24N6OS. The van der Waals surface area contributed by atoms with E-state index in [9.17, 15) is 0 Å². The summed E-state index contributed by atoms with van der Waals surface area (Å²) in [5, 5.41) is 20.6. The summed E-state index contributed by atoms with van der Waals surface area (Å²) in [6.45, 7) is 9.55. The summed E-state index contributed by atoms with van der Waals surface area (Å²) >= 11 is 1.45. The fourth-order valence-corrected chi connectivity index (χ4v) is 3.13. The van der Waals surface area contributed by atoms with Crippen LogP contribution < -0.4 is 0 Å². The second-order valence-corrected chi connectivity index (χ2v) is 8.09. The second kappa shape index (κ2) is 7.99. The minimum atomic E-state index is 0.121. The number of unbranched alkanes of at least 4 members (excludes halogenated alkanes) is 1. The molecule has 0 bridgehead atoms. The van der Waals surface area contributed by atoms with E-state index < -0.39 is 0 Å². The number of hydrogen-bond donors (Lipinski definition) is 0. The van der Waals surface area contributed by atoms with Gasteiger partial charge in [0.1, 0.15) is 0 Å². The van der Waals surface area contributed by atoms with Crippen LogP contribution in [-0.4, -0.2) is 30.4 Å². The van der Waals surface area contributed by atoms with Crippen LogP contribution in [0.3, 0.4) is 0 Å². The van der Waals surface area contributed by atoms with E-state index in [0.29, 0.717) is 16.9 Å². The summed E-state index contributed by atoms with van der Waals surface area (Å²) in [6.07, 6.45) is 2.16. The molecule has 0 radical (unpaired) electrons. The van der Waals surface area contributed by atoms with Crippen molar-refractivity contribution in [2.24, 2.45) is 0 Å². The van der Waals surface area contributed by atoms with E-state index >= 15 is 0 Å². The SMILES string of the molecule is CCCCn1nnnc1CSc1nnc(-c2ccc(C(C)(C)C)cc2)o1. The van der Waals surface area contributed by atoms with Crippen molar-refractivity contribution in [1.82, 2.24) is 30.4 Å². The Labute approximate surface area is 157 Å². The van der Waals surface area contributed by atoms with Crippen LogP contribution in [0.15, 0.2) is 33.9 Å². The Morgan fingerprint density at radius 1 is 1.08 bits per heavy atom. The smallest absolute Gasteiger partial charge is 0.277 e. The molecule has 8 heteroatoms. The molecule has 0 saturated carbocycles. The van der Waals surface area contributed by atoms with E-state index in [2.05, 4.69) is 65.6 Å². The lowest BCUT2D eigenvalue weighted by atomic mass is 9.87. The standard InChI is InChI=1S/C18H24N6OS/c1-5-6-11-24-15(19-22-23-24)12-26-17-21-20-16(25-17)13-7-9-14(10-8-13)18(2,3)4/h7-10H,5-6,11-12H2,1-4H3. The molecule has 2 heterocycles. The lowest BCUT2D eigenvalue weighted by Crippen LogP contribution is -2.10. The van der Waals surface area contributed by atoms with Gasteiger partial charge in [0.05, 0.1) is 5.75 Å². The van der Waals surface area contributed by atoms with Gasteiger partial charge in [0.25, 0.3) is 5.22 Å². The molecule has 26 heavy (non-hydrogen) atoms. The number of benzene rings is 1. The number of tetrazole rings is 1. The Kier molecular flexibility index (Phi) is 5.70. The van der Waals surface area contributed by atoms with E-state index in [1.54, 1.807) is 0 Å². The van der Waals surface area contributed by atoms with E-state index in [1.165, 1.54) is 17.3 Å². The van der Waals surface area contributed by atoms with Gasteiger partial charge in [0.15, 0.2) is 5.82 Å². The normalized spacial score (nSPS) is 11.8. The van der Waals surface area contributed by atoms with Gasteiger partial charge in [-0.3, -0.25) is 0 Å². The van der Waals surface area contributed by atoms with E-state index in [1.807, 2.05) is 16.8 Å². The predicted octanol–water partition coefficient (Wildman–Crippen LogP) is 4.11. The number of hydrogen-bond acceptors (Lipinski definition) is 7. The second-order valence-electron chi connectivity index (χ2n) is 7.16. The van der Waals surface area contributed by atoms with Crippen LogP contribution in [0.25, 0.3) is 11.5 Å². The molecule has 3 aromatic rings. The van der Waals surface area contributed by atoms with Gasteiger partial charge < -0.3 is 4.42 Å². The summed E-state index contributed by atoms with van der Waals surface area (Å²) in [4.78, 5) is 0. The molecule has 0 aliphatic rings. The third kappa shape index (κ3) is 4.49. The summed E-state index contributed by atoms with van der Waals surface area (Å²) in [6, 6.07) is 8.25. The zero-order valence-electron chi connectivity index (χ0n) is 15.6. The highest BCUT2D eigenvalue weighted by atomic mass is 32.2. The first-order chi connectivity index (χ1) is 12.5. The van der Waals surface area contributed by atoms with Crippen LogP contribution in [0.2, 0.25) is 0 Å². The average Bonchev–Trinajstić information content (AvgIpc) is 3.26. The van der Waals surface area contributed by atoms with Crippen molar-refractivity contribution in [2.75, 3.05) is 0 Å². The number of nitrogens with zero attached hydrogens (tertiary/aromatic N) is 6. The summed E-state index contributed by atoms with van der Waals surface area (Å²) in [5.74, 6) is 1.94. The Hall–Kier alpha value is -2.22. The summed E-state index contributed by atoms with van der Waals surface area (Å²) in [7, 11) is 0. The van der Waals surface area contributed by atoms with Crippen molar-refractivity contribution in [3.8, 4) is 11.5 Å². The fourth-order valence-electron chi connectivity index (χ4n) is 2.43. The Morgan fingerprint density at radius 3 is 2.54 bits per heavy atom. The van der Waals surface area contributed by atoms with Crippen molar-refractivity contribution in [3.05, 3.63) is 35.7 Å². The van der Waals surface area contributed by atoms with Gasteiger partial charge in [0, 0.05) is 12.1 Å². The zero-order valence-corrected chi connectivity index (χ0v) is 16.5. The fraction of sp³-hybridized carbons (Fsp3) is 0.500. The zero-order chi connectivity index (χ0) is 18.6. The van der Waals surface area contributed by atoms with Crippen molar-refractivity contribution in [3.63, 3.8) is 0 Å². The maximum atomic E-state index is 5.78. The quantitative estimate of drug-likeness (QED) is 0.577. The van der Waals surface area contributed by atoms with Crippen molar-refractivity contribution in [1.29, 1.82) is 0 Å². The van der Waals surface area contributed by atoms with Gasteiger partial charge in [-0.1, -0.05) is 58.0 Å². The number of aryl methyl sites for hydroxylation is 1. The lowest BCUT2D eigenvalue weighted by molar-refractivity contribution is 0.465. The first-order valence-electron chi connectivity index (χ1n) is 8.79. The molecule has 0 N–H and O–H groups in total. The highest BCUT2D eigenvalue weighted by molar-refractivity contribution is 7.98.